The minimum Gasteiger partial charge on any atom is -0.497 e. The topological polar surface area (TPSA) is 153 Å². The first-order valence-electron chi connectivity index (χ1n) is 12.0. The first-order chi connectivity index (χ1) is 17.7. The smallest absolute Gasteiger partial charge is 0.352 e. The van der Waals surface area contributed by atoms with E-state index < -0.39 is 35.0 Å². The number of amides is 3. The predicted molar refractivity (Wildman–Crippen MR) is 137 cm³/mol. The fraction of sp³-hybridized carbons (Fsp3) is 0.333. The maximum absolute atomic E-state index is 13.5. The molecule has 0 bridgehead atoms. The van der Waals surface area contributed by atoms with Gasteiger partial charge in [-0.2, -0.15) is 0 Å². The van der Waals surface area contributed by atoms with Crippen LogP contribution in [0.25, 0.3) is 10.9 Å². The van der Waals surface area contributed by atoms with Gasteiger partial charge in [0.25, 0.3) is 0 Å². The van der Waals surface area contributed by atoms with E-state index in [2.05, 4.69) is 10.6 Å². The first-order valence-corrected chi connectivity index (χ1v) is 12.0. The Morgan fingerprint density at radius 1 is 1.11 bits per heavy atom. The number of aromatic carboxylic acids is 1. The Kier molecular flexibility index (Phi) is 7.19. The number of nitrogens with zero attached hydrogens (tertiary/aromatic N) is 1. The number of benzene rings is 2. The van der Waals surface area contributed by atoms with E-state index in [1.807, 2.05) is 0 Å². The molecule has 1 aliphatic rings. The lowest BCUT2D eigenvalue weighted by atomic mass is 9.61. The highest BCUT2D eigenvalue weighted by atomic mass is 16.5. The van der Waals surface area contributed by atoms with Crippen molar-refractivity contribution in [3.8, 4) is 5.75 Å². The minimum absolute atomic E-state index is 0.0723. The number of carboxylic acids is 1. The summed E-state index contributed by atoms with van der Waals surface area (Å²) in [6, 6.07) is 13.8. The van der Waals surface area contributed by atoms with E-state index in [9.17, 15) is 24.3 Å². The van der Waals surface area contributed by atoms with Gasteiger partial charge in [-0.25, -0.2) is 4.79 Å². The summed E-state index contributed by atoms with van der Waals surface area (Å²) in [5, 5.41) is 16.0. The summed E-state index contributed by atoms with van der Waals surface area (Å²) in [5.74, 6) is -3.23. The van der Waals surface area contributed by atoms with E-state index in [1.165, 1.54) is 11.7 Å². The summed E-state index contributed by atoms with van der Waals surface area (Å²) in [4.78, 5) is 51.6. The van der Waals surface area contributed by atoms with Crippen molar-refractivity contribution in [2.24, 2.45) is 18.7 Å². The van der Waals surface area contributed by atoms with E-state index in [1.54, 1.807) is 55.6 Å². The van der Waals surface area contributed by atoms with E-state index in [4.69, 9.17) is 10.5 Å². The molecule has 194 valence electrons. The Morgan fingerprint density at radius 2 is 1.81 bits per heavy atom. The third kappa shape index (κ3) is 4.62. The zero-order valence-corrected chi connectivity index (χ0v) is 20.7. The largest absolute Gasteiger partial charge is 0.497 e. The van der Waals surface area contributed by atoms with Crippen molar-refractivity contribution in [3.63, 3.8) is 0 Å². The molecule has 3 amide bonds. The molecule has 4 rings (SSSR count). The molecule has 10 nitrogen and oxygen atoms in total. The van der Waals surface area contributed by atoms with Gasteiger partial charge in [0.1, 0.15) is 11.4 Å². The monoisotopic (exact) mass is 506 g/mol. The van der Waals surface area contributed by atoms with Gasteiger partial charge < -0.3 is 30.8 Å². The van der Waals surface area contributed by atoms with Crippen LogP contribution in [0.3, 0.4) is 0 Å². The van der Waals surface area contributed by atoms with Crippen LogP contribution in [0.1, 0.15) is 41.7 Å². The van der Waals surface area contributed by atoms with Crippen LogP contribution in [0.4, 0.5) is 5.69 Å². The van der Waals surface area contributed by atoms with Gasteiger partial charge in [0.05, 0.1) is 25.0 Å². The number of rotatable bonds is 8. The zero-order valence-electron chi connectivity index (χ0n) is 20.7. The number of carbonyl (C=O) groups is 4. The van der Waals surface area contributed by atoms with Gasteiger partial charge in [0.15, 0.2) is 0 Å². The van der Waals surface area contributed by atoms with Gasteiger partial charge in [0, 0.05) is 29.2 Å². The summed E-state index contributed by atoms with van der Waals surface area (Å²) in [6.07, 6.45) is 1.83. The lowest BCUT2D eigenvalue weighted by molar-refractivity contribution is -0.137. The van der Waals surface area contributed by atoms with Gasteiger partial charge in [-0.1, -0.05) is 31.0 Å². The Hall–Kier alpha value is -4.34. The number of anilines is 1. The maximum atomic E-state index is 13.5. The number of ether oxygens (including phenoxy) is 1. The number of para-hydroxylation sites is 1. The number of fused-ring (bicyclic) bond motifs is 1. The molecule has 5 N–H and O–H groups in total. The van der Waals surface area contributed by atoms with Crippen LogP contribution in [-0.4, -0.2) is 47.0 Å². The highest BCUT2D eigenvalue weighted by molar-refractivity contribution is 6.06. The molecule has 0 spiro atoms. The number of nitrogens with one attached hydrogen (secondary N) is 2. The molecule has 0 saturated heterocycles. The normalized spacial score (nSPS) is 19.2. The number of carbonyl (C=O) groups excluding carboxylic acids is 3. The third-order valence-electron chi connectivity index (χ3n) is 7.22. The maximum Gasteiger partial charge on any atom is 0.352 e. The van der Waals surface area contributed by atoms with Gasteiger partial charge in [-0.3, -0.25) is 14.4 Å². The highest BCUT2D eigenvalue weighted by Crippen LogP contribution is 2.48. The summed E-state index contributed by atoms with van der Waals surface area (Å²) in [6.45, 7) is -0.322. The fourth-order valence-corrected chi connectivity index (χ4v) is 5.51. The Bertz CT molecular complexity index is 1360. The van der Waals surface area contributed by atoms with Crippen molar-refractivity contribution >= 4 is 40.3 Å². The molecule has 0 unspecified atom stereocenters. The molecule has 37 heavy (non-hydrogen) atoms. The van der Waals surface area contributed by atoms with Crippen molar-refractivity contribution in [3.05, 3.63) is 59.8 Å². The zero-order chi connectivity index (χ0) is 26.7. The van der Waals surface area contributed by atoms with Crippen LogP contribution in [0.15, 0.2) is 48.5 Å². The Labute approximate surface area is 213 Å². The summed E-state index contributed by atoms with van der Waals surface area (Å²) < 4.78 is 6.62. The summed E-state index contributed by atoms with van der Waals surface area (Å²) >= 11 is 0. The van der Waals surface area contributed by atoms with Crippen LogP contribution in [0.2, 0.25) is 0 Å². The number of hydrogen-bond acceptors (Lipinski definition) is 5. The highest BCUT2D eigenvalue weighted by Gasteiger charge is 2.53. The number of hydrogen-bond donors (Lipinski definition) is 4. The van der Waals surface area contributed by atoms with E-state index >= 15 is 0 Å². The average Bonchev–Trinajstić information content (AvgIpc) is 3.20. The standard InChI is InChI=1S/C27H30N4O6/c1-31-20-9-4-3-7-18(20)22(23(31)25(34)35)27(26(28)36)14-6-5-8-19(27)24(33)29-15-21(32)30-16-10-12-17(37-2)13-11-16/h3-4,7,9-13,19H,5-6,8,14-15H2,1-2H3,(H2,28,36)(H,29,33)(H,30,32)(H,34,35)/t19-,27-/m0/s1. The lowest BCUT2D eigenvalue weighted by Crippen LogP contribution is -2.55. The molecule has 1 fully saturated rings. The minimum atomic E-state index is -1.54. The van der Waals surface area contributed by atoms with Crippen LogP contribution < -0.4 is 21.1 Å². The van der Waals surface area contributed by atoms with Gasteiger partial charge in [0.2, 0.25) is 17.7 Å². The molecule has 0 radical (unpaired) electrons. The second kappa shape index (κ2) is 10.3. The fourth-order valence-electron chi connectivity index (χ4n) is 5.51. The summed E-state index contributed by atoms with van der Waals surface area (Å²) in [5.41, 5.74) is 5.81. The number of primary amides is 1. The number of nitrogens with two attached hydrogens (primary N) is 1. The molecule has 2 aromatic carbocycles. The molecule has 3 aromatic rings. The van der Waals surface area contributed by atoms with Crippen molar-refractivity contribution in [2.75, 3.05) is 19.0 Å². The quantitative estimate of drug-likeness (QED) is 0.368. The second-order valence-corrected chi connectivity index (χ2v) is 9.23. The molecule has 0 aliphatic heterocycles. The SMILES string of the molecule is COc1ccc(NC(=O)CNC(=O)[C@@H]2CCCC[C@@]2(C(N)=O)c2c(C(=O)O)n(C)c3ccccc23)cc1. The number of carboxylic acid groups (broad SMARTS) is 1. The molecule has 2 atom stereocenters. The van der Waals surface area contributed by atoms with Gasteiger partial charge >= 0.3 is 5.97 Å². The molecule has 1 aromatic heterocycles. The van der Waals surface area contributed by atoms with Gasteiger partial charge in [-0.15, -0.1) is 0 Å². The molecule has 1 heterocycles. The van der Waals surface area contributed by atoms with E-state index in [-0.39, 0.29) is 24.2 Å². The average molecular weight is 507 g/mol. The van der Waals surface area contributed by atoms with Crippen molar-refractivity contribution in [1.29, 1.82) is 0 Å². The molecular formula is C27H30N4O6. The van der Waals surface area contributed by atoms with Crippen molar-refractivity contribution in [1.82, 2.24) is 9.88 Å². The van der Waals surface area contributed by atoms with Crippen molar-refractivity contribution in [2.45, 2.75) is 31.1 Å². The predicted octanol–water partition coefficient (Wildman–Crippen LogP) is 2.55. The Balaban J connectivity index is 1.65. The molecule has 1 aliphatic carbocycles. The van der Waals surface area contributed by atoms with E-state index in [0.29, 0.717) is 41.6 Å². The number of methoxy groups -OCH3 is 1. The van der Waals surface area contributed by atoms with Crippen molar-refractivity contribution < 1.29 is 29.0 Å². The van der Waals surface area contributed by atoms with Crippen LogP contribution >= 0.6 is 0 Å². The lowest BCUT2D eigenvalue weighted by Gasteiger charge is -2.41. The summed E-state index contributed by atoms with van der Waals surface area (Å²) in [7, 11) is 3.16. The van der Waals surface area contributed by atoms with E-state index in [0.717, 1.165) is 0 Å². The van der Waals surface area contributed by atoms with Crippen LogP contribution in [0, 0.1) is 5.92 Å². The molecule has 10 heteroatoms. The first kappa shape index (κ1) is 25.7. The van der Waals surface area contributed by atoms with Gasteiger partial charge in [-0.05, 0) is 43.2 Å². The molecular weight excluding hydrogens is 476 g/mol. The Morgan fingerprint density at radius 3 is 2.46 bits per heavy atom. The second-order valence-electron chi connectivity index (χ2n) is 9.23. The molecule has 1 saturated carbocycles. The van der Waals surface area contributed by atoms with Crippen LogP contribution in [0.5, 0.6) is 5.75 Å². The number of aryl methyl sites for hydroxylation is 1. The van der Waals surface area contributed by atoms with Crippen LogP contribution in [-0.2, 0) is 26.8 Å². The number of aromatic nitrogens is 1. The third-order valence-corrected chi connectivity index (χ3v) is 7.22.